The highest BCUT2D eigenvalue weighted by Crippen LogP contribution is 2.04. The van der Waals surface area contributed by atoms with Gasteiger partial charge in [-0.15, -0.1) is 24.0 Å². The Hall–Kier alpha value is -0.0900. The smallest absolute Gasteiger partial charge is 0.211 e. The van der Waals surface area contributed by atoms with Crippen LogP contribution in [-0.4, -0.2) is 46.3 Å². The second kappa shape index (κ2) is 15.4. The van der Waals surface area contributed by atoms with Crippen LogP contribution in [0.15, 0.2) is 4.99 Å². The third-order valence-corrected chi connectivity index (χ3v) is 4.56. The molecule has 0 spiro atoms. The van der Waals surface area contributed by atoms with Crippen molar-refractivity contribution in [3.8, 4) is 0 Å². The zero-order valence-corrected chi connectivity index (χ0v) is 18.2. The molecular weight excluding hydrogens is 427 g/mol. The fraction of sp³-hybridized carbons (Fsp3) is 0.933. The molecule has 0 aromatic heterocycles. The molecule has 3 N–H and O–H groups in total. The van der Waals surface area contributed by atoms with Crippen LogP contribution < -0.4 is 15.4 Å². The lowest BCUT2D eigenvalue weighted by molar-refractivity contribution is 0.534. The first-order valence-electron chi connectivity index (χ1n) is 8.40. The second-order valence-corrected chi connectivity index (χ2v) is 7.82. The Balaban J connectivity index is 0. The molecule has 0 aliphatic rings. The van der Waals surface area contributed by atoms with Crippen molar-refractivity contribution in [2.24, 2.45) is 10.9 Å². The molecule has 0 saturated heterocycles. The monoisotopic (exact) mass is 462 g/mol. The highest BCUT2D eigenvalue weighted by molar-refractivity contribution is 14.0. The summed E-state index contributed by atoms with van der Waals surface area (Å²) < 4.78 is 25.1. The molecule has 0 saturated carbocycles. The fourth-order valence-corrected chi connectivity index (χ4v) is 2.49. The lowest BCUT2D eigenvalue weighted by Crippen LogP contribution is -2.38. The molecule has 0 aliphatic carbocycles. The van der Waals surface area contributed by atoms with Gasteiger partial charge in [0, 0.05) is 26.2 Å². The number of hydrogen-bond acceptors (Lipinski definition) is 3. The molecule has 0 rings (SSSR count). The van der Waals surface area contributed by atoms with Crippen LogP contribution in [0.4, 0.5) is 0 Å². The van der Waals surface area contributed by atoms with E-state index in [0.29, 0.717) is 19.5 Å². The molecule has 0 radical (unpaired) electrons. The summed E-state index contributed by atoms with van der Waals surface area (Å²) in [7, 11) is -3.09. The summed E-state index contributed by atoms with van der Waals surface area (Å²) in [6.07, 6.45) is 4.32. The van der Waals surface area contributed by atoms with Crippen molar-refractivity contribution < 1.29 is 8.42 Å². The largest absolute Gasteiger partial charge is 0.357 e. The molecule has 0 aromatic rings. The SMILES string of the molecule is CCNC(=NCCCNS(=O)(=O)CC)NCCCCC(C)C.I. The molecule has 23 heavy (non-hydrogen) atoms. The standard InChI is InChI=1S/C15H34N4O2S.HI/c1-5-16-15(17-11-8-7-10-14(3)4)18-12-9-13-19-22(20,21)6-2;/h14,19H,5-13H2,1-4H3,(H2,16,17,18);1H. The number of hydrogen-bond donors (Lipinski definition) is 3. The van der Waals surface area contributed by atoms with Gasteiger partial charge in [0.1, 0.15) is 0 Å². The van der Waals surface area contributed by atoms with E-state index in [4.69, 9.17) is 0 Å². The Kier molecular flexibility index (Phi) is 16.9. The van der Waals surface area contributed by atoms with Crippen molar-refractivity contribution >= 4 is 40.0 Å². The van der Waals surface area contributed by atoms with Gasteiger partial charge in [-0.3, -0.25) is 4.99 Å². The average molecular weight is 462 g/mol. The third kappa shape index (κ3) is 16.5. The van der Waals surface area contributed by atoms with Gasteiger partial charge >= 0.3 is 0 Å². The average Bonchev–Trinajstić information content (AvgIpc) is 2.46. The van der Waals surface area contributed by atoms with Gasteiger partial charge in [-0.25, -0.2) is 13.1 Å². The summed E-state index contributed by atoms with van der Waals surface area (Å²) in [5.41, 5.74) is 0. The van der Waals surface area contributed by atoms with Gasteiger partial charge in [-0.05, 0) is 32.6 Å². The Labute approximate surface area is 159 Å². The van der Waals surface area contributed by atoms with E-state index < -0.39 is 10.0 Å². The molecular formula is C15H35IN4O2S. The summed E-state index contributed by atoms with van der Waals surface area (Å²) in [6.45, 7) is 10.9. The summed E-state index contributed by atoms with van der Waals surface area (Å²) in [6, 6.07) is 0. The van der Waals surface area contributed by atoms with Gasteiger partial charge in [0.15, 0.2) is 5.96 Å². The van der Waals surface area contributed by atoms with Crippen LogP contribution in [0, 0.1) is 5.92 Å². The van der Waals surface area contributed by atoms with Gasteiger partial charge in [0.25, 0.3) is 0 Å². The molecule has 6 nitrogen and oxygen atoms in total. The zero-order valence-electron chi connectivity index (χ0n) is 15.0. The minimum absolute atomic E-state index is 0. The molecule has 0 heterocycles. The first-order chi connectivity index (χ1) is 10.4. The maximum absolute atomic E-state index is 11.3. The van der Waals surface area contributed by atoms with Crippen LogP contribution >= 0.6 is 24.0 Å². The molecule has 140 valence electrons. The van der Waals surface area contributed by atoms with E-state index >= 15 is 0 Å². The first-order valence-corrected chi connectivity index (χ1v) is 10.1. The normalized spacial score (nSPS) is 12.1. The number of guanidine groups is 1. The summed E-state index contributed by atoms with van der Waals surface area (Å²) in [5, 5.41) is 6.51. The van der Waals surface area contributed by atoms with E-state index in [1.807, 2.05) is 6.92 Å². The Morgan fingerprint density at radius 3 is 2.30 bits per heavy atom. The molecule has 0 bridgehead atoms. The predicted octanol–water partition coefficient (Wildman–Crippen LogP) is 2.32. The van der Waals surface area contributed by atoms with Crippen molar-refractivity contribution in [1.29, 1.82) is 0 Å². The number of sulfonamides is 1. The van der Waals surface area contributed by atoms with E-state index in [0.717, 1.165) is 31.4 Å². The van der Waals surface area contributed by atoms with Crippen LogP contribution in [0.3, 0.4) is 0 Å². The minimum Gasteiger partial charge on any atom is -0.357 e. The van der Waals surface area contributed by atoms with Gasteiger partial charge < -0.3 is 10.6 Å². The zero-order chi connectivity index (χ0) is 16.8. The van der Waals surface area contributed by atoms with Crippen molar-refractivity contribution in [3.05, 3.63) is 0 Å². The summed E-state index contributed by atoms with van der Waals surface area (Å²) in [5.74, 6) is 1.69. The van der Waals surface area contributed by atoms with Gasteiger partial charge in [-0.1, -0.05) is 26.7 Å². The maximum Gasteiger partial charge on any atom is 0.211 e. The third-order valence-electron chi connectivity index (χ3n) is 3.15. The van der Waals surface area contributed by atoms with Crippen molar-refractivity contribution in [1.82, 2.24) is 15.4 Å². The van der Waals surface area contributed by atoms with Gasteiger partial charge in [0.2, 0.25) is 10.0 Å². The van der Waals surface area contributed by atoms with E-state index in [-0.39, 0.29) is 29.7 Å². The highest BCUT2D eigenvalue weighted by Gasteiger charge is 2.04. The van der Waals surface area contributed by atoms with Crippen LogP contribution in [0.5, 0.6) is 0 Å². The number of nitrogens with one attached hydrogen (secondary N) is 3. The second-order valence-electron chi connectivity index (χ2n) is 5.73. The Bertz CT molecular complexity index is 400. The lowest BCUT2D eigenvalue weighted by atomic mass is 10.1. The molecule has 8 heteroatoms. The predicted molar refractivity (Wildman–Crippen MR) is 110 cm³/mol. The molecule has 0 aromatic carbocycles. The maximum atomic E-state index is 11.3. The first kappa shape index (κ1) is 25.2. The Morgan fingerprint density at radius 1 is 1.04 bits per heavy atom. The van der Waals surface area contributed by atoms with E-state index in [1.165, 1.54) is 12.8 Å². The van der Waals surface area contributed by atoms with Crippen LogP contribution in [0.25, 0.3) is 0 Å². The molecule has 0 fully saturated rings. The van der Waals surface area contributed by atoms with Crippen molar-refractivity contribution in [2.45, 2.75) is 53.4 Å². The quantitative estimate of drug-likeness (QED) is 0.180. The minimum atomic E-state index is -3.09. The molecule has 0 unspecified atom stereocenters. The van der Waals surface area contributed by atoms with E-state index in [9.17, 15) is 8.42 Å². The van der Waals surface area contributed by atoms with Crippen molar-refractivity contribution in [3.63, 3.8) is 0 Å². The van der Waals surface area contributed by atoms with Gasteiger partial charge in [0.05, 0.1) is 5.75 Å². The van der Waals surface area contributed by atoms with Crippen molar-refractivity contribution in [2.75, 3.05) is 31.9 Å². The molecule has 0 aliphatic heterocycles. The highest BCUT2D eigenvalue weighted by atomic mass is 127. The fourth-order valence-electron chi connectivity index (χ4n) is 1.83. The topological polar surface area (TPSA) is 82.6 Å². The number of unbranched alkanes of at least 4 members (excludes halogenated alkanes) is 1. The van der Waals surface area contributed by atoms with Gasteiger partial charge in [-0.2, -0.15) is 0 Å². The lowest BCUT2D eigenvalue weighted by Gasteiger charge is -2.11. The van der Waals surface area contributed by atoms with Crippen LogP contribution in [-0.2, 0) is 10.0 Å². The van der Waals surface area contributed by atoms with E-state index in [2.05, 4.69) is 34.2 Å². The Morgan fingerprint density at radius 2 is 1.74 bits per heavy atom. The molecule has 0 amide bonds. The summed E-state index contributed by atoms with van der Waals surface area (Å²) >= 11 is 0. The number of nitrogens with zero attached hydrogens (tertiary/aromatic N) is 1. The van der Waals surface area contributed by atoms with Crippen LogP contribution in [0.2, 0.25) is 0 Å². The number of halogens is 1. The van der Waals surface area contributed by atoms with Crippen LogP contribution in [0.1, 0.15) is 53.4 Å². The molecule has 0 atom stereocenters. The number of aliphatic imine (C=N–C) groups is 1. The number of rotatable bonds is 12. The van der Waals surface area contributed by atoms with E-state index in [1.54, 1.807) is 6.92 Å². The summed E-state index contributed by atoms with van der Waals surface area (Å²) in [4.78, 5) is 4.45.